The highest BCUT2D eigenvalue weighted by molar-refractivity contribution is 5.85. The smallest absolute Gasteiger partial charge is 0.227 e. The van der Waals surface area contributed by atoms with Gasteiger partial charge in [-0.25, -0.2) is 0 Å². The fraction of sp³-hybridized carbons (Fsp3) is 0.400. The number of halogens is 1. The van der Waals surface area contributed by atoms with Crippen LogP contribution in [0.25, 0.3) is 11.4 Å². The van der Waals surface area contributed by atoms with Crippen molar-refractivity contribution in [1.82, 2.24) is 15.5 Å². The minimum atomic E-state index is 0. The number of nitrogens with one attached hydrogen (secondary N) is 1. The van der Waals surface area contributed by atoms with E-state index < -0.39 is 0 Å². The summed E-state index contributed by atoms with van der Waals surface area (Å²) in [6.07, 6.45) is 1.73. The molecule has 120 valence electrons. The second-order valence-corrected chi connectivity index (χ2v) is 4.76. The molecule has 1 aromatic heterocycles. The molecule has 1 heterocycles. The summed E-state index contributed by atoms with van der Waals surface area (Å²) in [5.41, 5.74) is 7.48. The summed E-state index contributed by atoms with van der Waals surface area (Å²) in [5, 5.41) is 6.75. The second-order valence-electron chi connectivity index (χ2n) is 4.76. The summed E-state index contributed by atoms with van der Waals surface area (Å²) < 4.78 is 5.16. The van der Waals surface area contributed by atoms with Crippen LogP contribution in [0.2, 0.25) is 0 Å². The van der Waals surface area contributed by atoms with E-state index in [2.05, 4.69) is 15.5 Å². The van der Waals surface area contributed by atoms with Crippen molar-refractivity contribution in [3.05, 3.63) is 35.7 Å². The first-order valence-corrected chi connectivity index (χ1v) is 7.11. The number of carbonyl (C=O) groups excluding carboxylic acids is 1. The summed E-state index contributed by atoms with van der Waals surface area (Å²) in [6.45, 7) is 3.21. The van der Waals surface area contributed by atoms with Crippen molar-refractivity contribution < 1.29 is 9.32 Å². The number of benzene rings is 1. The van der Waals surface area contributed by atoms with E-state index in [4.69, 9.17) is 10.3 Å². The number of carbonyl (C=O) groups is 1. The zero-order valence-corrected chi connectivity index (χ0v) is 13.4. The molecule has 0 bridgehead atoms. The first kappa shape index (κ1) is 18.1. The molecule has 2 rings (SSSR count). The van der Waals surface area contributed by atoms with Crippen molar-refractivity contribution in [3.8, 4) is 11.4 Å². The topological polar surface area (TPSA) is 94.0 Å². The molecule has 1 aromatic carbocycles. The number of aromatic nitrogens is 2. The summed E-state index contributed by atoms with van der Waals surface area (Å²) >= 11 is 0. The molecule has 0 radical (unpaired) electrons. The Morgan fingerprint density at radius 3 is 2.68 bits per heavy atom. The van der Waals surface area contributed by atoms with Gasteiger partial charge < -0.3 is 15.6 Å². The Morgan fingerprint density at radius 2 is 2.05 bits per heavy atom. The highest BCUT2D eigenvalue weighted by Crippen LogP contribution is 2.16. The Labute approximate surface area is 135 Å². The zero-order chi connectivity index (χ0) is 15.1. The van der Waals surface area contributed by atoms with Crippen LogP contribution >= 0.6 is 12.4 Å². The lowest BCUT2D eigenvalue weighted by atomic mass is 10.1. The van der Waals surface area contributed by atoms with E-state index in [0.29, 0.717) is 37.6 Å². The minimum Gasteiger partial charge on any atom is -0.356 e. The van der Waals surface area contributed by atoms with Crippen molar-refractivity contribution in [2.24, 2.45) is 5.73 Å². The largest absolute Gasteiger partial charge is 0.356 e. The predicted octanol–water partition coefficient (Wildman–Crippen LogP) is 2.08. The van der Waals surface area contributed by atoms with Gasteiger partial charge in [0.2, 0.25) is 17.6 Å². The van der Waals surface area contributed by atoms with Crippen LogP contribution < -0.4 is 11.1 Å². The number of hydrogen-bond acceptors (Lipinski definition) is 5. The lowest BCUT2D eigenvalue weighted by Crippen LogP contribution is -2.24. The first-order chi connectivity index (χ1) is 10.2. The average Bonchev–Trinajstić information content (AvgIpc) is 3.00. The van der Waals surface area contributed by atoms with E-state index >= 15 is 0 Å². The molecular weight excluding hydrogens is 304 g/mol. The van der Waals surface area contributed by atoms with Crippen LogP contribution in [-0.4, -0.2) is 22.6 Å². The summed E-state index contributed by atoms with van der Waals surface area (Å²) in [4.78, 5) is 15.8. The van der Waals surface area contributed by atoms with E-state index in [1.165, 1.54) is 0 Å². The number of aryl methyl sites for hydroxylation is 1. The highest BCUT2D eigenvalue weighted by atomic mass is 35.5. The maximum Gasteiger partial charge on any atom is 0.227 e. The maximum absolute atomic E-state index is 11.5. The van der Waals surface area contributed by atoms with Gasteiger partial charge >= 0.3 is 0 Å². The molecule has 7 heteroatoms. The number of nitrogens with two attached hydrogens (primary N) is 1. The molecule has 2 aromatic rings. The van der Waals surface area contributed by atoms with E-state index in [-0.39, 0.29) is 18.3 Å². The molecule has 0 aliphatic heterocycles. The number of rotatable bonds is 7. The van der Waals surface area contributed by atoms with E-state index in [1.54, 1.807) is 0 Å². The number of nitrogens with zero attached hydrogens (tertiary/aromatic N) is 2. The Morgan fingerprint density at radius 1 is 1.32 bits per heavy atom. The second kappa shape index (κ2) is 9.17. The van der Waals surface area contributed by atoms with Gasteiger partial charge in [-0.3, -0.25) is 4.79 Å². The van der Waals surface area contributed by atoms with Crippen LogP contribution in [0.3, 0.4) is 0 Å². The first-order valence-electron chi connectivity index (χ1n) is 7.11. The molecule has 1 amide bonds. The molecule has 0 saturated heterocycles. The number of amides is 1. The lowest BCUT2D eigenvalue weighted by molar-refractivity contribution is -0.121. The lowest BCUT2D eigenvalue weighted by Gasteiger charge is -2.00. The zero-order valence-electron chi connectivity index (χ0n) is 12.5. The molecule has 0 fully saturated rings. The van der Waals surface area contributed by atoms with Crippen molar-refractivity contribution in [1.29, 1.82) is 0 Å². The third-order valence-corrected chi connectivity index (χ3v) is 3.05. The summed E-state index contributed by atoms with van der Waals surface area (Å²) in [7, 11) is 0. The molecule has 0 spiro atoms. The molecule has 3 N–H and O–H groups in total. The van der Waals surface area contributed by atoms with Crippen LogP contribution in [0.15, 0.2) is 28.8 Å². The molecule has 6 nitrogen and oxygen atoms in total. The van der Waals surface area contributed by atoms with Crippen LogP contribution in [0, 0.1) is 0 Å². The molecule has 0 aliphatic carbocycles. The number of hydrogen-bond donors (Lipinski definition) is 2. The highest BCUT2D eigenvalue weighted by Gasteiger charge is 2.10. The van der Waals surface area contributed by atoms with Gasteiger partial charge in [-0.2, -0.15) is 4.98 Å². The molecule has 0 saturated carbocycles. The Hall–Kier alpha value is -1.92. The average molecular weight is 325 g/mol. The van der Waals surface area contributed by atoms with Crippen LogP contribution in [0.5, 0.6) is 0 Å². The van der Waals surface area contributed by atoms with Crippen molar-refractivity contribution in [2.45, 2.75) is 32.7 Å². The van der Waals surface area contributed by atoms with E-state index in [9.17, 15) is 4.79 Å². The van der Waals surface area contributed by atoms with Crippen LogP contribution in [-0.2, 0) is 17.8 Å². The van der Waals surface area contributed by atoms with Crippen LogP contribution in [0.1, 0.15) is 31.2 Å². The van der Waals surface area contributed by atoms with Gasteiger partial charge in [-0.15, -0.1) is 12.4 Å². The van der Waals surface area contributed by atoms with Gasteiger partial charge in [-0.05, 0) is 12.0 Å². The van der Waals surface area contributed by atoms with Crippen molar-refractivity contribution in [3.63, 3.8) is 0 Å². The van der Waals surface area contributed by atoms with Gasteiger partial charge in [0.1, 0.15) is 0 Å². The summed E-state index contributed by atoms with van der Waals surface area (Å²) in [6, 6.07) is 7.68. The molecule has 0 unspecified atom stereocenters. The van der Waals surface area contributed by atoms with Crippen molar-refractivity contribution >= 4 is 18.3 Å². The molecular formula is C15H21ClN4O2. The molecule has 22 heavy (non-hydrogen) atoms. The maximum atomic E-state index is 11.5. The minimum absolute atomic E-state index is 0. The van der Waals surface area contributed by atoms with E-state index in [0.717, 1.165) is 17.5 Å². The Balaban J connectivity index is 0.00000242. The normalized spacial score (nSPS) is 10.1. The fourth-order valence-corrected chi connectivity index (χ4v) is 1.84. The van der Waals surface area contributed by atoms with E-state index in [1.807, 2.05) is 31.2 Å². The monoisotopic (exact) mass is 324 g/mol. The Kier molecular flexibility index (Phi) is 7.56. The molecule has 0 atom stereocenters. The van der Waals surface area contributed by atoms with Crippen LogP contribution in [0.4, 0.5) is 0 Å². The summed E-state index contributed by atoms with van der Waals surface area (Å²) in [5.74, 6) is 1.01. The van der Waals surface area contributed by atoms with Crippen molar-refractivity contribution in [2.75, 3.05) is 6.54 Å². The van der Waals surface area contributed by atoms with Gasteiger partial charge in [-0.1, -0.05) is 36.3 Å². The van der Waals surface area contributed by atoms with Gasteiger partial charge in [0.05, 0.1) is 0 Å². The quantitative estimate of drug-likeness (QED) is 0.813. The third kappa shape index (κ3) is 5.13. The predicted molar refractivity (Wildman–Crippen MR) is 86.5 cm³/mol. The molecule has 0 aliphatic rings. The standard InChI is InChI=1S/C15H20N4O2.ClH/c1-2-9-17-13(20)7-8-14-18-15(19-21-14)12-5-3-11(10-16)4-6-12;/h3-6H,2,7-10,16H2,1H3,(H,17,20);1H. The van der Waals surface area contributed by atoms with Gasteiger partial charge in [0.15, 0.2) is 0 Å². The Bertz CT molecular complexity index is 583. The fourth-order valence-electron chi connectivity index (χ4n) is 1.84. The third-order valence-electron chi connectivity index (χ3n) is 3.05. The van der Waals surface area contributed by atoms with Gasteiger partial charge in [0.25, 0.3) is 0 Å². The SMILES string of the molecule is CCCNC(=O)CCc1nc(-c2ccc(CN)cc2)no1.Cl. The van der Waals surface area contributed by atoms with Gasteiger partial charge in [0, 0.05) is 31.5 Å².